The smallest absolute Gasteiger partial charge is 0.295 e. The molecule has 1 saturated heterocycles. The minimum atomic E-state index is -0.753. The first-order valence-electron chi connectivity index (χ1n) is 11.2. The number of benzene rings is 2. The minimum absolute atomic E-state index is 0.0476. The van der Waals surface area contributed by atoms with Gasteiger partial charge in [-0.15, -0.1) is 0 Å². The molecule has 0 spiro atoms. The van der Waals surface area contributed by atoms with E-state index in [0.717, 1.165) is 17.7 Å². The van der Waals surface area contributed by atoms with E-state index < -0.39 is 17.7 Å². The molecular formula is C26H31NO6. The van der Waals surface area contributed by atoms with Crippen LogP contribution in [0.25, 0.3) is 5.76 Å². The molecule has 2 aromatic carbocycles. The van der Waals surface area contributed by atoms with Crippen LogP contribution in [0.15, 0.2) is 48.0 Å². The highest BCUT2D eigenvalue weighted by Gasteiger charge is 2.46. The Morgan fingerprint density at radius 2 is 1.85 bits per heavy atom. The number of methoxy groups -OCH3 is 1. The van der Waals surface area contributed by atoms with Crippen LogP contribution in [0.1, 0.15) is 43.0 Å². The van der Waals surface area contributed by atoms with Crippen molar-refractivity contribution in [1.82, 2.24) is 4.90 Å². The van der Waals surface area contributed by atoms with Crippen molar-refractivity contribution in [3.63, 3.8) is 0 Å². The number of Topliss-reactive ketones (excluding diaryl/α,β-unsaturated/α-hetero) is 1. The van der Waals surface area contributed by atoms with E-state index in [1.54, 1.807) is 30.3 Å². The zero-order chi connectivity index (χ0) is 24.0. The lowest BCUT2D eigenvalue weighted by atomic mass is 9.94. The molecule has 2 aromatic rings. The first kappa shape index (κ1) is 24.3. The molecule has 0 aromatic heterocycles. The predicted molar refractivity (Wildman–Crippen MR) is 125 cm³/mol. The summed E-state index contributed by atoms with van der Waals surface area (Å²) in [5.74, 6) is -0.264. The van der Waals surface area contributed by atoms with E-state index in [1.807, 2.05) is 32.9 Å². The van der Waals surface area contributed by atoms with Crippen LogP contribution in [0.3, 0.4) is 0 Å². The van der Waals surface area contributed by atoms with E-state index in [0.29, 0.717) is 30.1 Å². The molecule has 0 aliphatic carbocycles. The predicted octanol–water partition coefficient (Wildman–Crippen LogP) is 4.25. The summed E-state index contributed by atoms with van der Waals surface area (Å²) in [6.45, 7) is 7.34. The van der Waals surface area contributed by atoms with E-state index >= 15 is 0 Å². The molecular weight excluding hydrogens is 422 g/mol. The third-order valence-corrected chi connectivity index (χ3v) is 5.47. The molecule has 7 nitrogen and oxygen atoms in total. The lowest BCUT2D eigenvalue weighted by Crippen LogP contribution is -2.32. The van der Waals surface area contributed by atoms with E-state index in [4.69, 9.17) is 14.2 Å². The largest absolute Gasteiger partial charge is 0.507 e. The molecule has 7 heteroatoms. The number of aliphatic hydroxyl groups excluding tert-OH is 1. The Labute approximate surface area is 194 Å². The number of hydrogen-bond donors (Lipinski definition) is 1. The number of aryl methyl sites for hydroxylation is 1. The van der Waals surface area contributed by atoms with E-state index in [1.165, 1.54) is 12.0 Å². The first-order valence-corrected chi connectivity index (χ1v) is 11.2. The maximum atomic E-state index is 13.1. The number of nitrogens with zero attached hydrogens (tertiary/aromatic N) is 1. The molecule has 1 aliphatic rings. The number of rotatable bonds is 10. The number of amides is 1. The zero-order valence-electron chi connectivity index (χ0n) is 19.6. The van der Waals surface area contributed by atoms with Crippen LogP contribution in [0, 0.1) is 6.92 Å². The van der Waals surface area contributed by atoms with Crippen LogP contribution in [-0.4, -0.2) is 55.2 Å². The fourth-order valence-corrected chi connectivity index (χ4v) is 3.91. The van der Waals surface area contributed by atoms with Crippen LogP contribution < -0.4 is 9.47 Å². The maximum absolute atomic E-state index is 13.1. The Morgan fingerprint density at radius 1 is 1.06 bits per heavy atom. The molecule has 3 rings (SSSR count). The van der Waals surface area contributed by atoms with Crippen molar-refractivity contribution in [2.24, 2.45) is 0 Å². The number of hydrogen-bond acceptors (Lipinski definition) is 6. The number of aliphatic hydroxyl groups is 1. The minimum Gasteiger partial charge on any atom is -0.507 e. The molecule has 1 aliphatic heterocycles. The Morgan fingerprint density at radius 3 is 2.52 bits per heavy atom. The lowest BCUT2D eigenvalue weighted by molar-refractivity contribution is -0.140. The van der Waals surface area contributed by atoms with Crippen molar-refractivity contribution >= 4 is 17.4 Å². The zero-order valence-corrected chi connectivity index (χ0v) is 19.6. The summed E-state index contributed by atoms with van der Waals surface area (Å²) in [6.07, 6.45) is 0.882. The third-order valence-electron chi connectivity index (χ3n) is 5.47. The third kappa shape index (κ3) is 5.20. The molecule has 0 bridgehead atoms. The van der Waals surface area contributed by atoms with Gasteiger partial charge < -0.3 is 24.2 Å². The van der Waals surface area contributed by atoms with Gasteiger partial charge >= 0.3 is 0 Å². The highest BCUT2D eigenvalue weighted by molar-refractivity contribution is 6.46. The van der Waals surface area contributed by atoms with Gasteiger partial charge in [-0.05, 0) is 61.7 Å². The molecule has 176 valence electrons. The quantitative estimate of drug-likeness (QED) is 0.329. The van der Waals surface area contributed by atoms with Crippen molar-refractivity contribution in [2.45, 2.75) is 33.2 Å². The van der Waals surface area contributed by atoms with Crippen LogP contribution >= 0.6 is 0 Å². The number of carbonyl (C=O) groups excluding carboxylic acids is 2. The van der Waals surface area contributed by atoms with E-state index in [-0.39, 0.29) is 24.5 Å². The van der Waals surface area contributed by atoms with Gasteiger partial charge in [0.05, 0.1) is 31.4 Å². The summed E-state index contributed by atoms with van der Waals surface area (Å²) in [4.78, 5) is 27.4. The number of ketones is 1. The van der Waals surface area contributed by atoms with Gasteiger partial charge in [0.25, 0.3) is 11.7 Å². The van der Waals surface area contributed by atoms with Crippen molar-refractivity contribution in [1.29, 1.82) is 0 Å². The first-order chi connectivity index (χ1) is 15.9. The van der Waals surface area contributed by atoms with Gasteiger partial charge in [-0.3, -0.25) is 9.59 Å². The monoisotopic (exact) mass is 453 g/mol. The van der Waals surface area contributed by atoms with Gasteiger partial charge in [0, 0.05) is 19.2 Å². The van der Waals surface area contributed by atoms with Gasteiger partial charge in [0.15, 0.2) is 0 Å². The van der Waals surface area contributed by atoms with Gasteiger partial charge in [0.2, 0.25) is 0 Å². The van der Waals surface area contributed by atoms with Crippen molar-refractivity contribution in [3.05, 3.63) is 64.7 Å². The number of likely N-dealkylation sites (tertiary alicyclic amines) is 1. The molecule has 1 fully saturated rings. The van der Waals surface area contributed by atoms with Crippen LogP contribution in [0.4, 0.5) is 0 Å². The summed E-state index contributed by atoms with van der Waals surface area (Å²) in [6, 6.07) is 11.7. The van der Waals surface area contributed by atoms with Gasteiger partial charge in [-0.25, -0.2) is 0 Å². The summed E-state index contributed by atoms with van der Waals surface area (Å²) >= 11 is 0. The molecule has 33 heavy (non-hydrogen) atoms. The summed E-state index contributed by atoms with van der Waals surface area (Å²) < 4.78 is 16.5. The Hall–Kier alpha value is -3.32. The fourth-order valence-electron chi connectivity index (χ4n) is 3.91. The number of carbonyl (C=O) groups is 2. The van der Waals surface area contributed by atoms with E-state index in [9.17, 15) is 14.7 Å². The Balaban J connectivity index is 2.10. The average molecular weight is 454 g/mol. The maximum Gasteiger partial charge on any atom is 0.295 e. The summed E-state index contributed by atoms with van der Waals surface area (Å²) in [5.41, 5.74) is 2.01. The standard InChI is InChI=1S/C26H31NO6/c1-5-13-33-21-11-10-19(15-17(21)3)24(28)22-23(18-8-7-9-20(16-18)32-6-2)27(12-14-31-4)26(30)25(22)29/h7-11,15-16,23,28H,5-6,12-14H2,1-4H3/b24-22+. The molecule has 1 unspecified atom stereocenters. The molecule has 1 heterocycles. The van der Waals surface area contributed by atoms with E-state index in [2.05, 4.69) is 0 Å². The molecule has 0 saturated carbocycles. The SMILES string of the molecule is CCCOc1ccc(/C(O)=C2\C(=O)C(=O)N(CCOC)C2c2cccc(OCC)c2)cc1C. The van der Waals surface area contributed by atoms with Crippen LogP contribution in [-0.2, 0) is 14.3 Å². The summed E-state index contributed by atoms with van der Waals surface area (Å²) in [7, 11) is 1.53. The van der Waals surface area contributed by atoms with Crippen molar-refractivity contribution < 1.29 is 28.9 Å². The van der Waals surface area contributed by atoms with Crippen molar-refractivity contribution in [3.8, 4) is 11.5 Å². The summed E-state index contributed by atoms with van der Waals surface area (Å²) in [5, 5.41) is 11.2. The van der Waals surface area contributed by atoms with Gasteiger partial charge in [0.1, 0.15) is 17.3 Å². The fraction of sp³-hybridized carbons (Fsp3) is 0.385. The second-order valence-corrected chi connectivity index (χ2v) is 7.82. The van der Waals surface area contributed by atoms with Crippen molar-refractivity contribution in [2.75, 3.05) is 33.5 Å². The molecule has 1 N–H and O–H groups in total. The highest BCUT2D eigenvalue weighted by Crippen LogP contribution is 2.40. The second-order valence-electron chi connectivity index (χ2n) is 7.82. The average Bonchev–Trinajstić information content (AvgIpc) is 3.06. The number of ether oxygens (including phenoxy) is 3. The van der Waals surface area contributed by atoms with Crippen LogP contribution in [0.2, 0.25) is 0 Å². The second kappa shape index (κ2) is 11.0. The van der Waals surface area contributed by atoms with Gasteiger partial charge in [-0.2, -0.15) is 0 Å². The molecule has 1 atom stereocenters. The molecule has 0 radical (unpaired) electrons. The Kier molecular flexibility index (Phi) is 8.11. The lowest BCUT2D eigenvalue weighted by Gasteiger charge is -2.25. The van der Waals surface area contributed by atoms with Gasteiger partial charge in [-0.1, -0.05) is 19.1 Å². The normalized spacial score (nSPS) is 17.5. The highest BCUT2D eigenvalue weighted by atomic mass is 16.5. The molecule has 1 amide bonds. The topological polar surface area (TPSA) is 85.3 Å². The Bertz CT molecular complexity index is 1040. The van der Waals surface area contributed by atoms with Crippen LogP contribution in [0.5, 0.6) is 11.5 Å².